The Bertz CT molecular complexity index is 960. The monoisotopic (exact) mass is 339 g/mol. The van der Waals surface area contributed by atoms with Crippen LogP contribution in [0.3, 0.4) is 0 Å². The zero-order valence-corrected chi connectivity index (χ0v) is 13.9. The molecule has 128 valence electrons. The van der Waals surface area contributed by atoms with E-state index in [1.54, 1.807) is 30.3 Å². The van der Waals surface area contributed by atoms with E-state index in [0.29, 0.717) is 23.5 Å². The van der Waals surface area contributed by atoms with Crippen molar-refractivity contribution < 1.29 is 18.8 Å². The van der Waals surface area contributed by atoms with Gasteiger partial charge in [-0.25, -0.2) is 10.3 Å². The molecular formula is C19H17NO5. The number of carbonyl (C=O) groups excluding carboxylic acids is 1. The standard InChI is InChI=1S/C19H17NO5/c1-12-9-18(21)25-17-10-15(7-8-16(12)17)24-11-13-3-5-14(6-4-13)19(22)20-23-2/h3-10H,11H2,1-2H3,(H,20,22). The predicted molar refractivity (Wildman–Crippen MR) is 92.5 cm³/mol. The second-order valence-electron chi connectivity index (χ2n) is 5.53. The molecule has 3 rings (SSSR count). The van der Waals surface area contributed by atoms with Gasteiger partial charge in [-0.15, -0.1) is 0 Å². The summed E-state index contributed by atoms with van der Waals surface area (Å²) in [5.41, 5.74) is 4.63. The van der Waals surface area contributed by atoms with Crippen molar-refractivity contribution in [2.75, 3.05) is 7.11 Å². The first-order valence-corrected chi connectivity index (χ1v) is 7.66. The van der Waals surface area contributed by atoms with E-state index in [1.165, 1.54) is 13.2 Å². The van der Waals surface area contributed by atoms with Crippen LogP contribution in [0.4, 0.5) is 0 Å². The molecule has 1 aromatic heterocycles. The van der Waals surface area contributed by atoms with E-state index in [2.05, 4.69) is 10.3 Å². The molecule has 0 aliphatic rings. The van der Waals surface area contributed by atoms with E-state index in [4.69, 9.17) is 9.15 Å². The fraction of sp³-hybridized carbons (Fsp3) is 0.158. The number of fused-ring (bicyclic) bond motifs is 1. The molecule has 0 aliphatic heterocycles. The van der Waals surface area contributed by atoms with Crippen LogP contribution < -0.4 is 15.8 Å². The average molecular weight is 339 g/mol. The molecule has 6 heteroatoms. The Balaban J connectivity index is 1.72. The number of nitrogens with one attached hydrogen (secondary N) is 1. The minimum atomic E-state index is -0.382. The molecule has 6 nitrogen and oxygen atoms in total. The fourth-order valence-electron chi connectivity index (χ4n) is 2.47. The smallest absolute Gasteiger partial charge is 0.336 e. The Kier molecular flexibility index (Phi) is 4.81. The third-order valence-corrected chi connectivity index (χ3v) is 3.74. The van der Waals surface area contributed by atoms with E-state index in [0.717, 1.165) is 16.5 Å². The summed E-state index contributed by atoms with van der Waals surface area (Å²) in [7, 11) is 1.38. The Morgan fingerprint density at radius 3 is 2.60 bits per heavy atom. The quantitative estimate of drug-likeness (QED) is 0.571. The van der Waals surface area contributed by atoms with Crippen molar-refractivity contribution in [2.45, 2.75) is 13.5 Å². The maximum Gasteiger partial charge on any atom is 0.336 e. The first-order chi connectivity index (χ1) is 12.1. The van der Waals surface area contributed by atoms with Gasteiger partial charge in [-0.05, 0) is 42.3 Å². The molecule has 0 spiro atoms. The number of amides is 1. The third kappa shape index (κ3) is 3.87. The number of carbonyl (C=O) groups is 1. The van der Waals surface area contributed by atoms with Crippen molar-refractivity contribution in [1.29, 1.82) is 0 Å². The molecule has 2 aromatic carbocycles. The van der Waals surface area contributed by atoms with Crippen LogP contribution in [-0.4, -0.2) is 13.0 Å². The summed E-state index contributed by atoms with van der Waals surface area (Å²) < 4.78 is 10.9. The molecular weight excluding hydrogens is 322 g/mol. The van der Waals surface area contributed by atoms with Crippen LogP contribution in [0.25, 0.3) is 11.0 Å². The molecule has 0 aliphatic carbocycles. The van der Waals surface area contributed by atoms with Gasteiger partial charge in [0, 0.05) is 23.1 Å². The highest BCUT2D eigenvalue weighted by atomic mass is 16.6. The maximum atomic E-state index is 11.6. The highest BCUT2D eigenvalue weighted by Crippen LogP contribution is 2.23. The van der Waals surface area contributed by atoms with Gasteiger partial charge < -0.3 is 9.15 Å². The van der Waals surface area contributed by atoms with Crippen molar-refractivity contribution in [2.24, 2.45) is 0 Å². The number of hydrogen-bond acceptors (Lipinski definition) is 5. The molecule has 3 aromatic rings. The fourth-order valence-corrected chi connectivity index (χ4v) is 2.47. The predicted octanol–water partition coefficient (Wildman–Crippen LogP) is 2.97. The highest BCUT2D eigenvalue weighted by Gasteiger charge is 2.06. The lowest BCUT2D eigenvalue weighted by atomic mass is 10.1. The topological polar surface area (TPSA) is 77.8 Å². The van der Waals surface area contributed by atoms with Gasteiger partial charge in [0.05, 0.1) is 7.11 Å². The molecule has 0 fully saturated rings. The van der Waals surface area contributed by atoms with Crippen LogP contribution in [0.5, 0.6) is 5.75 Å². The van der Waals surface area contributed by atoms with Crippen molar-refractivity contribution in [3.8, 4) is 5.75 Å². The number of aryl methyl sites for hydroxylation is 1. The van der Waals surface area contributed by atoms with E-state index in [-0.39, 0.29) is 11.5 Å². The summed E-state index contributed by atoms with van der Waals surface area (Å²) in [6, 6.07) is 13.8. The van der Waals surface area contributed by atoms with Crippen molar-refractivity contribution in [1.82, 2.24) is 5.48 Å². The van der Waals surface area contributed by atoms with Crippen LogP contribution in [0.15, 0.2) is 57.7 Å². The second kappa shape index (κ2) is 7.19. The maximum absolute atomic E-state index is 11.6. The number of hydrogen-bond donors (Lipinski definition) is 1. The van der Waals surface area contributed by atoms with Crippen LogP contribution in [0.1, 0.15) is 21.5 Å². The number of benzene rings is 2. The molecule has 1 N–H and O–H groups in total. The Morgan fingerprint density at radius 1 is 1.12 bits per heavy atom. The normalized spacial score (nSPS) is 10.6. The molecule has 1 amide bonds. The number of rotatable bonds is 5. The molecule has 0 bridgehead atoms. The highest BCUT2D eigenvalue weighted by molar-refractivity contribution is 5.93. The SMILES string of the molecule is CONC(=O)c1ccc(COc2ccc3c(C)cc(=O)oc3c2)cc1. The number of ether oxygens (including phenoxy) is 1. The van der Waals surface area contributed by atoms with Crippen LogP contribution in [-0.2, 0) is 11.4 Å². The minimum Gasteiger partial charge on any atom is -0.489 e. The molecule has 0 unspecified atom stereocenters. The first kappa shape index (κ1) is 16.7. The van der Waals surface area contributed by atoms with Gasteiger partial charge in [0.1, 0.15) is 17.9 Å². The Hall–Kier alpha value is -3.12. The molecule has 0 radical (unpaired) electrons. The van der Waals surface area contributed by atoms with Gasteiger partial charge in [0.2, 0.25) is 0 Å². The van der Waals surface area contributed by atoms with Gasteiger partial charge in [-0.1, -0.05) is 12.1 Å². The summed E-state index contributed by atoms with van der Waals surface area (Å²) in [6.07, 6.45) is 0. The second-order valence-corrected chi connectivity index (χ2v) is 5.53. The zero-order valence-electron chi connectivity index (χ0n) is 13.9. The molecule has 0 saturated heterocycles. The lowest BCUT2D eigenvalue weighted by molar-refractivity contribution is 0.0537. The van der Waals surface area contributed by atoms with Gasteiger partial charge >= 0.3 is 5.63 Å². The minimum absolute atomic E-state index is 0.310. The van der Waals surface area contributed by atoms with Gasteiger partial charge in [0.15, 0.2) is 0 Å². The summed E-state index contributed by atoms with van der Waals surface area (Å²) in [4.78, 5) is 27.7. The lowest BCUT2D eigenvalue weighted by Crippen LogP contribution is -2.21. The van der Waals surface area contributed by atoms with Crippen molar-refractivity contribution in [3.05, 3.63) is 75.6 Å². The lowest BCUT2D eigenvalue weighted by Gasteiger charge is -2.08. The Labute approximate surface area is 143 Å². The first-order valence-electron chi connectivity index (χ1n) is 7.66. The summed E-state index contributed by atoms with van der Waals surface area (Å²) >= 11 is 0. The number of hydroxylamine groups is 1. The van der Waals surface area contributed by atoms with Crippen LogP contribution >= 0.6 is 0 Å². The van der Waals surface area contributed by atoms with Crippen LogP contribution in [0, 0.1) is 6.92 Å². The third-order valence-electron chi connectivity index (χ3n) is 3.74. The summed E-state index contributed by atoms with van der Waals surface area (Å²) in [6.45, 7) is 2.19. The van der Waals surface area contributed by atoms with E-state index in [1.807, 2.05) is 19.1 Å². The zero-order chi connectivity index (χ0) is 17.8. The van der Waals surface area contributed by atoms with Gasteiger partial charge in [-0.3, -0.25) is 9.63 Å². The Morgan fingerprint density at radius 2 is 1.88 bits per heavy atom. The van der Waals surface area contributed by atoms with Crippen LogP contribution in [0.2, 0.25) is 0 Å². The van der Waals surface area contributed by atoms with E-state index >= 15 is 0 Å². The van der Waals surface area contributed by atoms with Crippen molar-refractivity contribution in [3.63, 3.8) is 0 Å². The molecule has 0 atom stereocenters. The van der Waals surface area contributed by atoms with E-state index < -0.39 is 0 Å². The molecule has 0 saturated carbocycles. The van der Waals surface area contributed by atoms with Gasteiger partial charge in [-0.2, -0.15) is 0 Å². The largest absolute Gasteiger partial charge is 0.489 e. The summed E-state index contributed by atoms with van der Waals surface area (Å²) in [5, 5.41) is 0.875. The van der Waals surface area contributed by atoms with Crippen molar-refractivity contribution >= 4 is 16.9 Å². The molecule has 1 heterocycles. The summed E-state index contributed by atoms with van der Waals surface area (Å²) in [5.74, 6) is 0.289. The average Bonchev–Trinajstić information content (AvgIpc) is 2.60. The molecule has 25 heavy (non-hydrogen) atoms. The van der Waals surface area contributed by atoms with E-state index in [9.17, 15) is 9.59 Å². The van der Waals surface area contributed by atoms with Gasteiger partial charge in [0.25, 0.3) is 5.91 Å².